The number of sulfonamides is 1. The molecule has 42 heavy (non-hydrogen) atoms. The van der Waals surface area contributed by atoms with E-state index in [0.717, 1.165) is 12.1 Å². The minimum atomic E-state index is -4.47. The van der Waals surface area contributed by atoms with E-state index >= 15 is 0 Å². The van der Waals surface area contributed by atoms with Gasteiger partial charge in [0.25, 0.3) is 10.0 Å². The van der Waals surface area contributed by atoms with Gasteiger partial charge in [-0.1, -0.05) is 12.6 Å². The predicted molar refractivity (Wildman–Crippen MR) is 150 cm³/mol. The number of anilines is 2. The van der Waals surface area contributed by atoms with E-state index in [0.29, 0.717) is 60.1 Å². The van der Waals surface area contributed by atoms with Crippen molar-refractivity contribution in [2.45, 2.75) is 4.90 Å². The average Bonchev–Trinajstić information content (AvgIpc) is 2.99. The molecule has 0 spiro atoms. The number of amides is 1. The summed E-state index contributed by atoms with van der Waals surface area (Å²) in [4.78, 5) is 27.9. The fourth-order valence-electron chi connectivity index (χ4n) is 4.59. The Morgan fingerprint density at radius 2 is 1.86 bits per heavy atom. The summed E-state index contributed by atoms with van der Waals surface area (Å²) in [5.74, 6) is -1.90. The van der Waals surface area contributed by atoms with Crippen molar-refractivity contribution in [2.75, 3.05) is 42.9 Å². The van der Waals surface area contributed by atoms with Crippen molar-refractivity contribution >= 4 is 38.3 Å². The molecule has 2 aromatic heterocycles. The Morgan fingerprint density at radius 3 is 2.52 bits per heavy atom. The Labute approximate surface area is 239 Å². The van der Waals surface area contributed by atoms with Gasteiger partial charge in [-0.3, -0.25) is 9.52 Å². The van der Waals surface area contributed by atoms with Crippen molar-refractivity contribution in [3.05, 3.63) is 78.8 Å². The molecule has 0 radical (unpaired) electrons. The topological polar surface area (TPSA) is 141 Å². The zero-order valence-electron chi connectivity index (χ0n) is 22.2. The van der Waals surface area contributed by atoms with Gasteiger partial charge in [-0.2, -0.15) is 5.26 Å². The zero-order chi connectivity index (χ0) is 30.0. The number of nitrogens with one attached hydrogen (secondary N) is 1. The SMILES string of the molecule is C=CC(=O)N1CCN(c2nc(C#N)nc3ccc(-c4cnc(OC)c(NS(=O)(=O)c5ccc(F)cc5F)c4)cc23)CC1. The second-order valence-electron chi connectivity index (χ2n) is 9.19. The third-order valence-electron chi connectivity index (χ3n) is 6.65. The van der Waals surface area contributed by atoms with Gasteiger partial charge < -0.3 is 14.5 Å². The van der Waals surface area contributed by atoms with Crippen LogP contribution in [0.1, 0.15) is 5.82 Å². The Balaban J connectivity index is 1.53. The zero-order valence-corrected chi connectivity index (χ0v) is 23.0. The number of piperazine rings is 1. The molecule has 1 amide bonds. The molecule has 5 rings (SSSR count). The number of rotatable bonds is 7. The lowest BCUT2D eigenvalue weighted by Gasteiger charge is -2.35. The molecule has 3 heterocycles. The highest BCUT2D eigenvalue weighted by atomic mass is 32.2. The van der Waals surface area contributed by atoms with Crippen LogP contribution in [-0.4, -0.2) is 67.5 Å². The van der Waals surface area contributed by atoms with Gasteiger partial charge in [0.05, 0.1) is 12.6 Å². The average molecular weight is 592 g/mol. The molecule has 11 nitrogen and oxygen atoms in total. The highest BCUT2D eigenvalue weighted by Crippen LogP contribution is 2.34. The van der Waals surface area contributed by atoms with Crippen LogP contribution in [0.3, 0.4) is 0 Å². The molecule has 14 heteroatoms. The van der Waals surface area contributed by atoms with Crippen molar-refractivity contribution in [3.63, 3.8) is 0 Å². The van der Waals surface area contributed by atoms with Crippen molar-refractivity contribution in [1.82, 2.24) is 19.9 Å². The Kier molecular flexibility index (Phi) is 7.68. The number of carbonyl (C=O) groups is 1. The molecule has 2 aromatic carbocycles. The molecule has 0 bridgehead atoms. The van der Waals surface area contributed by atoms with E-state index in [1.165, 1.54) is 25.4 Å². The van der Waals surface area contributed by atoms with E-state index < -0.39 is 26.6 Å². The maximum Gasteiger partial charge on any atom is 0.264 e. The van der Waals surface area contributed by atoms with Crippen LogP contribution in [0, 0.1) is 23.0 Å². The second-order valence-corrected chi connectivity index (χ2v) is 10.8. The molecule has 1 saturated heterocycles. The molecule has 1 fully saturated rings. The van der Waals surface area contributed by atoms with E-state index in [-0.39, 0.29) is 23.3 Å². The maximum atomic E-state index is 14.3. The molecular weight excluding hydrogens is 568 g/mol. The molecule has 0 saturated carbocycles. The molecule has 4 aromatic rings. The number of fused-ring (bicyclic) bond motifs is 1. The molecule has 0 atom stereocenters. The minimum Gasteiger partial charge on any atom is -0.480 e. The summed E-state index contributed by atoms with van der Waals surface area (Å²) < 4.78 is 61.0. The fourth-order valence-corrected chi connectivity index (χ4v) is 5.70. The summed E-state index contributed by atoms with van der Waals surface area (Å²) in [6, 6.07) is 10.8. The lowest BCUT2D eigenvalue weighted by molar-refractivity contribution is -0.126. The molecule has 0 unspecified atom stereocenters. The van der Waals surface area contributed by atoms with Crippen LogP contribution in [0.25, 0.3) is 22.0 Å². The van der Waals surface area contributed by atoms with Crippen LogP contribution in [-0.2, 0) is 14.8 Å². The number of carbonyl (C=O) groups excluding carboxylic acids is 1. The van der Waals surface area contributed by atoms with Crippen LogP contribution < -0.4 is 14.4 Å². The molecule has 1 aliphatic rings. The number of pyridine rings is 1. The third-order valence-corrected chi connectivity index (χ3v) is 8.05. The van der Waals surface area contributed by atoms with Gasteiger partial charge in [-0.15, -0.1) is 0 Å². The first-order valence-electron chi connectivity index (χ1n) is 12.5. The van der Waals surface area contributed by atoms with Gasteiger partial charge in [-0.25, -0.2) is 32.2 Å². The highest BCUT2D eigenvalue weighted by molar-refractivity contribution is 7.92. The summed E-state index contributed by atoms with van der Waals surface area (Å²) in [6.45, 7) is 5.36. The van der Waals surface area contributed by atoms with Gasteiger partial charge in [-0.05, 0) is 42.0 Å². The number of benzene rings is 2. The summed E-state index contributed by atoms with van der Waals surface area (Å²) in [7, 11) is -3.17. The molecule has 214 valence electrons. The van der Waals surface area contributed by atoms with Crippen molar-refractivity contribution in [1.29, 1.82) is 5.26 Å². The lowest BCUT2D eigenvalue weighted by atomic mass is 10.0. The summed E-state index contributed by atoms with van der Waals surface area (Å²) in [6.07, 6.45) is 2.74. The molecule has 1 N–H and O–H groups in total. The molecule has 1 aliphatic heterocycles. The number of ether oxygens (including phenoxy) is 1. The quantitative estimate of drug-likeness (QED) is 0.320. The maximum absolute atomic E-state index is 14.3. The van der Waals surface area contributed by atoms with Crippen LogP contribution >= 0.6 is 0 Å². The number of hydrogen-bond acceptors (Lipinski definition) is 9. The molecule has 0 aliphatic carbocycles. The lowest BCUT2D eigenvalue weighted by Crippen LogP contribution is -2.48. The van der Waals surface area contributed by atoms with Crippen molar-refractivity contribution in [2.24, 2.45) is 0 Å². The van der Waals surface area contributed by atoms with E-state index in [9.17, 15) is 27.3 Å². The van der Waals surface area contributed by atoms with Gasteiger partial charge in [0, 0.05) is 49.4 Å². The first-order chi connectivity index (χ1) is 20.1. The summed E-state index contributed by atoms with van der Waals surface area (Å²) in [5.41, 5.74) is 1.53. The van der Waals surface area contributed by atoms with Crippen LogP contribution in [0.2, 0.25) is 0 Å². The monoisotopic (exact) mass is 591 g/mol. The van der Waals surface area contributed by atoms with E-state index in [4.69, 9.17) is 4.74 Å². The third kappa shape index (κ3) is 5.54. The Bertz CT molecular complexity index is 1870. The highest BCUT2D eigenvalue weighted by Gasteiger charge is 2.24. The predicted octanol–water partition coefficient (Wildman–Crippen LogP) is 3.49. The van der Waals surface area contributed by atoms with Gasteiger partial charge >= 0.3 is 0 Å². The Morgan fingerprint density at radius 1 is 1.10 bits per heavy atom. The number of halogens is 2. The first-order valence-corrected chi connectivity index (χ1v) is 14.0. The standard InChI is InChI=1S/C28H23F2N7O4S/c1-3-26(38)36-8-10-37(11-9-36)27-20-12-17(4-6-22(20)33-25(15-31)34-27)18-13-23(28(41-2)32-16-18)35-42(39,40)24-7-5-19(29)14-21(24)30/h3-7,12-14,16,35H,1,8-11H2,2H3. The smallest absolute Gasteiger partial charge is 0.264 e. The number of hydrogen-bond donors (Lipinski definition) is 1. The number of methoxy groups -OCH3 is 1. The normalized spacial score (nSPS) is 13.5. The van der Waals surface area contributed by atoms with Crippen molar-refractivity contribution in [3.8, 4) is 23.1 Å². The van der Waals surface area contributed by atoms with E-state index in [2.05, 4.69) is 26.3 Å². The largest absolute Gasteiger partial charge is 0.480 e. The fraction of sp³-hybridized carbons (Fsp3) is 0.179. The summed E-state index contributed by atoms with van der Waals surface area (Å²) in [5, 5.41) is 10.1. The van der Waals surface area contributed by atoms with E-state index in [1.807, 2.05) is 11.0 Å². The number of nitrogens with zero attached hydrogens (tertiary/aromatic N) is 6. The van der Waals surface area contributed by atoms with Gasteiger partial charge in [0.15, 0.2) is 0 Å². The number of nitriles is 1. The first kappa shape index (κ1) is 28.4. The van der Waals surface area contributed by atoms with Gasteiger partial charge in [0.1, 0.15) is 34.1 Å². The Hall–Kier alpha value is -5.16. The van der Waals surface area contributed by atoms with Crippen LogP contribution in [0.5, 0.6) is 5.88 Å². The van der Waals surface area contributed by atoms with Crippen LogP contribution in [0.15, 0.2) is 66.2 Å². The second kappa shape index (κ2) is 11.4. The molecular formula is C28H23F2N7O4S. The van der Waals surface area contributed by atoms with Gasteiger partial charge in [0.2, 0.25) is 17.6 Å². The summed E-state index contributed by atoms with van der Waals surface area (Å²) >= 11 is 0. The van der Waals surface area contributed by atoms with Crippen molar-refractivity contribution < 1.29 is 26.7 Å². The number of aromatic nitrogens is 3. The van der Waals surface area contributed by atoms with E-state index in [1.54, 1.807) is 23.1 Å². The van der Waals surface area contributed by atoms with Crippen LogP contribution in [0.4, 0.5) is 20.3 Å². The minimum absolute atomic E-state index is 0.00863.